The Bertz CT molecular complexity index is 662. The first-order valence-corrected chi connectivity index (χ1v) is 8.06. The van der Waals surface area contributed by atoms with Crippen LogP contribution < -0.4 is 0 Å². The predicted octanol–water partition coefficient (Wildman–Crippen LogP) is 2.63. The number of aromatic nitrogens is 3. The fourth-order valence-corrected chi connectivity index (χ4v) is 3.37. The predicted molar refractivity (Wildman–Crippen MR) is 82.6 cm³/mol. The maximum absolute atomic E-state index is 12.8. The average Bonchev–Trinajstić information content (AvgIpc) is 3.15. The molecule has 2 aliphatic rings. The van der Waals surface area contributed by atoms with E-state index in [1.54, 1.807) is 6.20 Å². The average molecular weight is 296 g/mol. The fourth-order valence-electron chi connectivity index (χ4n) is 3.37. The van der Waals surface area contributed by atoms with E-state index < -0.39 is 0 Å². The topological polar surface area (TPSA) is 51.0 Å². The van der Waals surface area contributed by atoms with Crippen molar-refractivity contribution in [2.45, 2.75) is 37.6 Å². The monoisotopic (exact) mass is 296 g/mol. The summed E-state index contributed by atoms with van der Waals surface area (Å²) in [6.45, 7) is 1.56. The number of likely N-dealkylation sites (tertiary alicyclic amines) is 1. The lowest BCUT2D eigenvalue weighted by Gasteiger charge is -2.28. The van der Waals surface area contributed by atoms with E-state index in [-0.39, 0.29) is 5.91 Å². The second kappa shape index (κ2) is 5.55. The Morgan fingerprint density at radius 2 is 2.05 bits per heavy atom. The van der Waals surface area contributed by atoms with Gasteiger partial charge in [-0.05, 0) is 43.9 Å². The van der Waals surface area contributed by atoms with Crippen LogP contribution in [0, 0.1) is 0 Å². The second-order valence-electron chi connectivity index (χ2n) is 6.24. The molecule has 1 aliphatic heterocycles. The molecule has 1 saturated carbocycles. The van der Waals surface area contributed by atoms with Crippen LogP contribution in [0.25, 0.3) is 0 Å². The minimum atomic E-state index is 0.114. The molecule has 3 heterocycles. The molecule has 114 valence electrons. The van der Waals surface area contributed by atoms with Gasteiger partial charge in [0.1, 0.15) is 5.69 Å². The van der Waals surface area contributed by atoms with Gasteiger partial charge >= 0.3 is 0 Å². The van der Waals surface area contributed by atoms with Gasteiger partial charge in [-0.1, -0.05) is 6.07 Å². The molecule has 0 unspecified atom stereocenters. The van der Waals surface area contributed by atoms with Gasteiger partial charge in [0.05, 0.1) is 6.04 Å². The number of pyridine rings is 1. The van der Waals surface area contributed by atoms with Crippen molar-refractivity contribution in [3.8, 4) is 0 Å². The number of hydrogen-bond donors (Lipinski definition) is 0. The highest BCUT2D eigenvalue weighted by molar-refractivity contribution is 5.92. The zero-order valence-electron chi connectivity index (χ0n) is 12.6. The summed E-state index contributed by atoms with van der Waals surface area (Å²) in [6.07, 6.45) is 8.07. The molecule has 1 amide bonds. The molecule has 2 fully saturated rings. The van der Waals surface area contributed by atoms with Crippen LogP contribution in [-0.4, -0.2) is 38.7 Å². The third-order valence-corrected chi connectivity index (χ3v) is 4.89. The van der Waals surface area contributed by atoms with E-state index in [9.17, 15) is 4.79 Å². The quantitative estimate of drug-likeness (QED) is 0.875. The number of amides is 1. The lowest BCUT2D eigenvalue weighted by Crippen LogP contribution is -2.32. The van der Waals surface area contributed by atoms with Crippen molar-refractivity contribution >= 4 is 5.91 Å². The van der Waals surface area contributed by atoms with Crippen molar-refractivity contribution in [1.29, 1.82) is 0 Å². The van der Waals surface area contributed by atoms with Gasteiger partial charge in [0, 0.05) is 37.1 Å². The van der Waals surface area contributed by atoms with Crippen LogP contribution in [0.4, 0.5) is 0 Å². The lowest BCUT2D eigenvalue weighted by molar-refractivity contribution is 0.0770. The molecule has 0 spiro atoms. The molecule has 4 rings (SSSR count). The zero-order valence-corrected chi connectivity index (χ0v) is 12.6. The van der Waals surface area contributed by atoms with Crippen LogP contribution in [0.1, 0.15) is 53.8 Å². The molecule has 1 atom stereocenters. The Morgan fingerprint density at radius 3 is 2.77 bits per heavy atom. The largest absolute Gasteiger partial charge is 0.337 e. The van der Waals surface area contributed by atoms with Crippen LogP contribution in [0.5, 0.6) is 0 Å². The minimum Gasteiger partial charge on any atom is -0.337 e. The molecule has 1 saturated heterocycles. The highest BCUT2D eigenvalue weighted by Crippen LogP contribution is 2.33. The molecular weight excluding hydrogens is 276 g/mol. The molecule has 5 heteroatoms. The van der Waals surface area contributed by atoms with Gasteiger partial charge in [0.25, 0.3) is 5.91 Å². The number of carbonyl (C=O) groups excluding carboxylic acids is 1. The van der Waals surface area contributed by atoms with Crippen molar-refractivity contribution in [3.05, 3.63) is 48.0 Å². The Morgan fingerprint density at radius 1 is 1.14 bits per heavy atom. The van der Waals surface area contributed by atoms with E-state index in [1.165, 1.54) is 6.42 Å². The Balaban J connectivity index is 1.49. The van der Waals surface area contributed by atoms with Crippen LogP contribution in [0.2, 0.25) is 0 Å². The maximum atomic E-state index is 12.8. The van der Waals surface area contributed by atoms with Crippen LogP contribution >= 0.6 is 0 Å². The third-order valence-electron chi connectivity index (χ3n) is 4.89. The Hall–Kier alpha value is -2.17. The minimum absolute atomic E-state index is 0.114. The first kappa shape index (κ1) is 13.5. The molecule has 0 aromatic carbocycles. The van der Waals surface area contributed by atoms with Crippen molar-refractivity contribution in [1.82, 2.24) is 19.7 Å². The van der Waals surface area contributed by atoms with Gasteiger partial charge < -0.3 is 4.90 Å². The summed E-state index contributed by atoms with van der Waals surface area (Å²) in [4.78, 5) is 19.2. The smallest absolute Gasteiger partial charge is 0.272 e. The van der Waals surface area contributed by atoms with Crippen LogP contribution in [0.3, 0.4) is 0 Å². The Kier molecular flexibility index (Phi) is 3.41. The SMILES string of the molecule is O=C(c1ccnn1C1CCC1)N1CC[C@H](c2ccccn2)C1. The first-order chi connectivity index (χ1) is 10.8. The zero-order chi connectivity index (χ0) is 14.9. The van der Waals surface area contributed by atoms with Crippen LogP contribution in [-0.2, 0) is 0 Å². The summed E-state index contributed by atoms with van der Waals surface area (Å²) in [5, 5.41) is 4.36. The molecule has 5 nitrogen and oxygen atoms in total. The van der Waals surface area contributed by atoms with Crippen molar-refractivity contribution in [3.63, 3.8) is 0 Å². The van der Waals surface area contributed by atoms with E-state index in [2.05, 4.69) is 16.1 Å². The molecule has 22 heavy (non-hydrogen) atoms. The van der Waals surface area contributed by atoms with Gasteiger partial charge in [-0.2, -0.15) is 5.10 Å². The third kappa shape index (κ3) is 2.30. The summed E-state index contributed by atoms with van der Waals surface area (Å²) in [6, 6.07) is 8.27. The highest BCUT2D eigenvalue weighted by Gasteiger charge is 2.32. The molecule has 2 aromatic heterocycles. The number of hydrogen-bond acceptors (Lipinski definition) is 3. The van der Waals surface area contributed by atoms with E-state index in [4.69, 9.17) is 0 Å². The van der Waals surface area contributed by atoms with Gasteiger partial charge in [-0.15, -0.1) is 0 Å². The lowest BCUT2D eigenvalue weighted by atomic mass is 9.93. The molecule has 0 bridgehead atoms. The standard InChI is InChI=1S/C17H20N4O/c22-17(16-7-10-19-21(16)14-4-3-5-14)20-11-8-13(12-20)15-6-1-2-9-18-15/h1-2,6-7,9-10,13-14H,3-5,8,11-12H2/t13-/m0/s1. The van der Waals surface area contributed by atoms with Gasteiger partial charge in [-0.25, -0.2) is 0 Å². The Labute approximate surface area is 130 Å². The molecule has 0 N–H and O–H groups in total. The first-order valence-electron chi connectivity index (χ1n) is 8.06. The summed E-state index contributed by atoms with van der Waals surface area (Å²) in [5.74, 6) is 0.466. The van der Waals surface area contributed by atoms with E-state index in [0.29, 0.717) is 12.0 Å². The summed E-state index contributed by atoms with van der Waals surface area (Å²) in [7, 11) is 0. The van der Waals surface area contributed by atoms with E-state index >= 15 is 0 Å². The van der Waals surface area contributed by atoms with Gasteiger partial charge in [0.15, 0.2) is 0 Å². The van der Waals surface area contributed by atoms with Crippen molar-refractivity contribution in [2.24, 2.45) is 0 Å². The van der Waals surface area contributed by atoms with Crippen molar-refractivity contribution < 1.29 is 4.79 Å². The molecule has 2 aromatic rings. The normalized spacial score (nSPS) is 21.8. The number of nitrogens with zero attached hydrogens (tertiary/aromatic N) is 4. The van der Waals surface area contributed by atoms with Gasteiger partial charge in [0.2, 0.25) is 0 Å². The number of carbonyl (C=O) groups is 1. The van der Waals surface area contributed by atoms with E-state index in [1.807, 2.05) is 34.0 Å². The van der Waals surface area contributed by atoms with Crippen molar-refractivity contribution in [2.75, 3.05) is 13.1 Å². The maximum Gasteiger partial charge on any atom is 0.272 e. The summed E-state index contributed by atoms with van der Waals surface area (Å²) < 4.78 is 1.93. The van der Waals surface area contributed by atoms with E-state index in [0.717, 1.165) is 43.7 Å². The molecular formula is C17H20N4O. The molecule has 0 radical (unpaired) electrons. The fraction of sp³-hybridized carbons (Fsp3) is 0.471. The van der Waals surface area contributed by atoms with Crippen LogP contribution in [0.15, 0.2) is 36.7 Å². The summed E-state index contributed by atoms with van der Waals surface area (Å²) >= 11 is 0. The number of rotatable bonds is 3. The highest BCUT2D eigenvalue weighted by atomic mass is 16.2. The second-order valence-corrected chi connectivity index (χ2v) is 6.24. The molecule has 1 aliphatic carbocycles. The summed E-state index contributed by atoms with van der Waals surface area (Å²) in [5.41, 5.74) is 1.83. The van der Waals surface area contributed by atoms with Gasteiger partial charge in [-0.3, -0.25) is 14.5 Å².